The predicted octanol–water partition coefficient (Wildman–Crippen LogP) is 1.90. The van der Waals surface area contributed by atoms with E-state index in [4.69, 9.17) is 9.47 Å². The van der Waals surface area contributed by atoms with E-state index in [1.165, 1.54) is 0 Å². The Kier molecular flexibility index (Phi) is 3.72. The number of carbonyl (C=O) groups is 1. The topological polar surface area (TPSA) is 35.5 Å². The van der Waals surface area contributed by atoms with Crippen LogP contribution in [0.2, 0.25) is 0 Å². The molecule has 0 spiro atoms. The molecule has 1 saturated heterocycles. The van der Waals surface area contributed by atoms with Crippen molar-refractivity contribution in [1.82, 2.24) is 0 Å². The molecule has 3 atom stereocenters. The zero-order chi connectivity index (χ0) is 9.84. The number of esters is 1. The van der Waals surface area contributed by atoms with Crippen LogP contribution in [0.3, 0.4) is 0 Å². The highest BCUT2D eigenvalue weighted by molar-refractivity contribution is 5.69. The Labute approximate surface area is 79.4 Å². The molecule has 1 aliphatic rings. The standard InChI is InChI=1S/C10H18O3/c1-4-10(11)13-9-5-7(2)12-8(3)6-9/h7-9H,4-6H2,1-3H3/t7-,8?,9?/m0/s1. The summed E-state index contributed by atoms with van der Waals surface area (Å²) in [6.07, 6.45) is 2.59. The van der Waals surface area contributed by atoms with E-state index in [2.05, 4.69) is 0 Å². The van der Waals surface area contributed by atoms with Crippen molar-refractivity contribution < 1.29 is 14.3 Å². The van der Waals surface area contributed by atoms with Crippen LogP contribution in [0.5, 0.6) is 0 Å². The van der Waals surface area contributed by atoms with Crippen LogP contribution in [0.4, 0.5) is 0 Å². The van der Waals surface area contributed by atoms with Gasteiger partial charge in [0.1, 0.15) is 6.10 Å². The molecule has 0 aromatic rings. The van der Waals surface area contributed by atoms with Crippen molar-refractivity contribution in [1.29, 1.82) is 0 Å². The van der Waals surface area contributed by atoms with Gasteiger partial charge in [-0.3, -0.25) is 4.79 Å². The predicted molar refractivity (Wildman–Crippen MR) is 49.4 cm³/mol. The molecule has 0 radical (unpaired) electrons. The molecule has 1 rings (SSSR count). The van der Waals surface area contributed by atoms with Crippen LogP contribution in [0, 0.1) is 0 Å². The molecule has 0 saturated carbocycles. The maximum absolute atomic E-state index is 11.0. The number of rotatable bonds is 2. The first-order valence-electron chi connectivity index (χ1n) is 4.96. The smallest absolute Gasteiger partial charge is 0.305 e. The van der Waals surface area contributed by atoms with Gasteiger partial charge >= 0.3 is 5.97 Å². The van der Waals surface area contributed by atoms with E-state index in [1.807, 2.05) is 20.8 Å². The minimum absolute atomic E-state index is 0.0613. The summed E-state index contributed by atoms with van der Waals surface area (Å²) in [6, 6.07) is 0. The highest BCUT2D eigenvalue weighted by Gasteiger charge is 2.26. The van der Waals surface area contributed by atoms with Crippen LogP contribution in [0.25, 0.3) is 0 Å². The van der Waals surface area contributed by atoms with E-state index in [0.717, 1.165) is 12.8 Å². The monoisotopic (exact) mass is 186 g/mol. The third kappa shape index (κ3) is 3.35. The molecule has 0 aromatic heterocycles. The lowest BCUT2D eigenvalue weighted by Gasteiger charge is -2.31. The summed E-state index contributed by atoms with van der Waals surface area (Å²) in [7, 11) is 0. The van der Waals surface area contributed by atoms with Gasteiger partial charge in [0.25, 0.3) is 0 Å². The summed E-state index contributed by atoms with van der Waals surface area (Å²) in [5.41, 5.74) is 0. The second-order valence-electron chi connectivity index (χ2n) is 3.69. The zero-order valence-corrected chi connectivity index (χ0v) is 8.58. The van der Waals surface area contributed by atoms with E-state index >= 15 is 0 Å². The van der Waals surface area contributed by atoms with E-state index in [9.17, 15) is 4.79 Å². The molecule has 0 bridgehead atoms. The van der Waals surface area contributed by atoms with Crippen LogP contribution in [0.15, 0.2) is 0 Å². The first-order valence-corrected chi connectivity index (χ1v) is 4.96. The van der Waals surface area contributed by atoms with Crippen molar-refractivity contribution in [3.05, 3.63) is 0 Å². The fourth-order valence-corrected chi connectivity index (χ4v) is 1.71. The van der Waals surface area contributed by atoms with Gasteiger partial charge in [0.05, 0.1) is 12.2 Å². The number of carbonyl (C=O) groups excluding carboxylic acids is 1. The maximum Gasteiger partial charge on any atom is 0.305 e. The number of hydrogen-bond donors (Lipinski definition) is 0. The molecule has 1 aliphatic heterocycles. The second-order valence-corrected chi connectivity index (χ2v) is 3.69. The van der Waals surface area contributed by atoms with Gasteiger partial charge in [-0.15, -0.1) is 0 Å². The minimum Gasteiger partial charge on any atom is -0.462 e. The van der Waals surface area contributed by atoms with Gasteiger partial charge < -0.3 is 9.47 Å². The van der Waals surface area contributed by atoms with E-state index in [1.54, 1.807) is 0 Å². The normalized spacial score (nSPS) is 34.2. The van der Waals surface area contributed by atoms with Gasteiger partial charge in [-0.1, -0.05) is 6.92 Å². The van der Waals surface area contributed by atoms with Crippen molar-refractivity contribution in [2.45, 2.75) is 58.3 Å². The van der Waals surface area contributed by atoms with Crippen LogP contribution < -0.4 is 0 Å². The number of ether oxygens (including phenoxy) is 2. The van der Waals surface area contributed by atoms with Gasteiger partial charge in [-0.25, -0.2) is 0 Å². The van der Waals surface area contributed by atoms with Gasteiger partial charge in [0, 0.05) is 19.3 Å². The Morgan fingerprint density at radius 2 is 1.92 bits per heavy atom. The van der Waals surface area contributed by atoms with Gasteiger partial charge in [-0.2, -0.15) is 0 Å². The summed E-state index contributed by atoms with van der Waals surface area (Å²) >= 11 is 0. The molecule has 0 N–H and O–H groups in total. The molecule has 1 fully saturated rings. The zero-order valence-electron chi connectivity index (χ0n) is 8.58. The first-order chi connectivity index (χ1) is 6.11. The Balaban J connectivity index is 2.37. The van der Waals surface area contributed by atoms with Gasteiger partial charge in [-0.05, 0) is 13.8 Å². The molecular formula is C10H18O3. The van der Waals surface area contributed by atoms with Crippen molar-refractivity contribution in [3.63, 3.8) is 0 Å². The average Bonchev–Trinajstić information content (AvgIpc) is 2.02. The molecule has 1 heterocycles. The van der Waals surface area contributed by atoms with Gasteiger partial charge in [0.2, 0.25) is 0 Å². The van der Waals surface area contributed by atoms with Crippen LogP contribution in [-0.4, -0.2) is 24.3 Å². The maximum atomic E-state index is 11.0. The third-order valence-electron chi connectivity index (χ3n) is 2.24. The average molecular weight is 186 g/mol. The Morgan fingerprint density at radius 1 is 1.38 bits per heavy atom. The summed E-state index contributed by atoms with van der Waals surface area (Å²) in [6.45, 7) is 5.85. The lowest BCUT2D eigenvalue weighted by Crippen LogP contribution is -2.35. The fourth-order valence-electron chi connectivity index (χ4n) is 1.71. The second kappa shape index (κ2) is 4.61. The summed E-state index contributed by atoms with van der Waals surface area (Å²) < 4.78 is 10.8. The molecule has 3 nitrogen and oxygen atoms in total. The molecule has 13 heavy (non-hydrogen) atoms. The molecule has 2 unspecified atom stereocenters. The molecule has 0 aliphatic carbocycles. The van der Waals surface area contributed by atoms with Crippen molar-refractivity contribution in [3.8, 4) is 0 Å². The lowest BCUT2D eigenvalue weighted by molar-refractivity contribution is -0.159. The fraction of sp³-hybridized carbons (Fsp3) is 0.900. The third-order valence-corrected chi connectivity index (χ3v) is 2.24. The summed E-state index contributed by atoms with van der Waals surface area (Å²) in [5, 5.41) is 0. The quantitative estimate of drug-likeness (QED) is 0.618. The Bertz CT molecular complexity index is 169. The van der Waals surface area contributed by atoms with E-state index in [0.29, 0.717) is 6.42 Å². The molecule has 76 valence electrons. The number of hydrogen-bond acceptors (Lipinski definition) is 3. The Hall–Kier alpha value is -0.570. The van der Waals surface area contributed by atoms with Crippen molar-refractivity contribution in [2.75, 3.05) is 0 Å². The van der Waals surface area contributed by atoms with Crippen molar-refractivity contribution >= 4 is 5.97 Å². The molecule has 0 amide bonds. The minimum atomic E-state index is -0.105. The van der Waals surface area contributed by atoms with Crippen molar-refractivity contribution in [2.24, 2.45) is 0 Å². The largest absolute Gasteiger partial charge is 0.462 e. The highest BCUT2D eigenvalue weighted by Crippen LogP contribution is 2.21. The molecule has 0 aromatic carbocycles. The first kappa shape index (κ1) is 10.5. The van der Waals surface area contributed by atoms with Crippen LogP contribution in [-0.2, 0) is 14.3 Å². The lowest BCUT2D eigenvalue weighted by atomic mass is 10.0. The van der Waals surface area contributed by atoms with Gasteiger partial charge in [0.15, 0.2) is 0 Å². The van der Waals surface area contributed by atoms with Crippen LogP contribution in [0.1, 0.15) is 40.0 Å². The summed E-state index contributed by atoms with van der Waals surface area (Å²) in [5.74, 6) is -0.105. The SMILES string of the molecule is CCC(=O)OC1CC(C)O[C@@H](C)C1. The highest BCUT2D eigenvalue weighted by atomic mass is 16.6. The van der Waals surface area contributed by atoms with E-state index < -0.39 is 0 Å². The van der Waals surface area contributed by atoms with E-state index in [-0.39, 0.29) is 24.3 Å². The van der Waals surface area contributed by atoms with Crippen LogP contribution >= 0.6 is 0 Å². The Morgan fingerprint density at radius 3 is 2.38 bits per heavy atom. The molecular weight excluding hydrogens is 168 g/mol. The molecule has 3 heteroatoms. The summed E-state index contributed by atoms with van der Waals surface area (Å²) in [4.78, 5) is 11.0.